The molecule has 0 aliphatic heterocycles. The fourth-order valence-corrected chi connectivity index (χ4v) is 12.1. The average Bonchev–Trinajstić information content (AvgIpc) is 3.91. The second-order valence-corrected chi connectivity index (χ2v) is 19.0. The molecule has 0 radical (unpaired) electrons. The number of para-hydroxylation sites is 6. The van der Waals surface area contributed by atoms with Crippen LogP contribution in [0.4, 0.5) is 34.1 Å². The molecule has 1 aromatic heterocycles. The fraction of sp³-hybridized carbons (Fsp3) is 0.0169. The van der Waals surface area contributed by atoms with E-state index in [1.807, 2.05) is 0 Å². The van der Waals surface area contributed by atoms with Crippen LogP contribution in [0.2, 0.25) is 0 Å². The summed E-state index contributed by atoms with van der Waals surface area (Å²) in [5.41, 5.74) is 24.3. The lowest BCUT2D eigenvalue weighted by atomic mass is 9.54. The first kappa shape index (κ1) is 42.7. The second-order valence-electron chi connectivity index (χ2n) is 19.0. The van der Waals surface area contributed by atoms with Gasteiger partial charge < -0.3 is 14.2 Å². The van der Waals surface area contributed by atoms with Crippen LogP contribution in [0.3, 0.4) is 0 Å². The van der Waals surface area contributed by atoms with Gasteiger partial charge >= 0.3 is 0 Å². The van der Waals surface area contributed by atoms with Gasteiger partial charge in [-0.15, -0.1) is 10.9 Å². The van der Waals surface area contributed by atoms with Crippen LogP contribution < -0.4 is 48.0 Å². The molecule has 0 spiro atoms. The van der Waals surface area contributed by atoms with Crippen LogP contribution >= 0.6 is 0 Å². The minimum atomic E-state index is -0.796. The molecule has 0 atom stereocenters. The van der Waals surface area contributed by atoms with Crippen molar-refractivity contribution in [1.82, 2.24) is 0 Å². The van der Waals surface area contributed by atoms with Crippen molar-refractivity contribution in [2.75, 3.05) is 9.80 Å². The van der Waals surface area contributed by atoms with E-state index in [4.69, 9.17) is 4.42 Å². The van der Waals surface area contributed by atoms with Gasteiger partial charge in [0.1, 0.15) is 66.1 Å². The predicted octanol–water partition coefficient (Wildman–Crippen LogP) is 3.85. The first-order valence-electron chi connectivity index (χ1n) is 24.2. The van der Waals surface area contributed by atoms with E-state index in [0.717, 1.165) is 61.6 Å². The Labute approximate surface area is 411 Å². The standard InChI is InChI=1S/C59H47B7N2O/c60-51-48-49(54(63)57(66)56(65)53(48)62)52(61)55(64)50(51)59(46-26-15-25-41-40-24-13-14-27-47(40)69-58(41)46)44-30-28-38(67(34-16-5-1-6-17-34)35-18-7-2-8-19-35)32-42(44)43-33-39(29-31-45(43)59)68(36-20-9-3-10-21-36)37-22-11-4-12-23-37/h1-33H,60-66H2. The number of nitrogens with zero attached hydrogens (tertiary/aromatic N) is 2. The maximum Gasteiger partial charge on any atom is 0.140 e. The summed E-state index contributed by atoms with van der Waals surface area (Å²) in [4.78, 5) is 4.77. The lowest BCUT2D eigenvalue weighted by Crippen LogP contribution is -2.54. The summed E-state index contributed by atoms with van der Waals surface area (Å²) in [6.07, 6.45) is 0. The van der Waals surface area contributed by atoms with Crippen LogP contribution in [0.5, 0.6) is 0 Å². The van der Waals surface area contributed by atoms with E-state index >= 15 is 0 Å². The van der Waals surface area contributed by atoms with E-state index in [-0.39, 0.29) is 0 Å². The van der Waals surface area contributed by atoms with E-state index in [0.29, 0.717) is 0 Å². The number of hydrogen-bond acceptors (Lipinski definition) is 3. The highest BCUT2D eigenvalue weighted by Gasteiger charge is 2.50. The highest BCUT2D eigenvalue weighted by molar-refractivity contribution is 6.71. The molecule has 0 saturated heterocycles. The summed E-state index contributed by atoms with van der Waals surface area (Å²) in [7, 11) is 16.4. The molecule has 0 amide bonds. The van der Waals surface area contributed by atoms with Crippen LogP contribution in [0.25, 0.3) is 43.8 Å². The number of benzene rings is 10. The van der Waals surface area contributed by atoms with Gasteiger partial charge in [0, 0.05) is 50.5 Å². The molecule has 0 unspecified atom stereocenters. The van der Waals surface area contributed by atoms with Crippen molar-refractivity contribution >= 4 is 160 Å². The molecule has 11 aromatic rings. The number of rotatable bonds is 8. The Bertz CT molecular complexity index is 3620. The number of furan rings is 1. The third kappa shape index (κ3) is 6.38. The Hall–Kier alpha value is -7.69. The minimum Gasteiger partial charge on any atom is -0.456 e. The predicted molar refractivity (Wildman–Crippen MR) is 315 cm³/mol. The molecule has 320 valence electrons. The summed E-state index contributed by atoms with van der Waals surface area (Å²) in [6.45, 7) is 0. The largest absolute Gasteiger partial charge is 0.456 e. The normalized spacial score (nSPS) is 12.6. The Kier molecular flexibility index (Phi) is 10.2. The third-order valence-corrected chi connectivity index (χ3v) is 15.6. The van der Waals surface area contributed by atoms with Crippen molar-refractivity contribution in [3.8, 4) is 11.1 Å². The monoisotopic (exact) mass is 876 g/mol. The molecule has 0 saturated carbocycles. The van der Waals surface area contributed by atoms with Crippen molar-refractivity contribution in [3.05, 3.63) is 222 Å². The molecule has 0 N–H and O–H groups in total. The van der Waals surface area contributed by atoms with Crippen LogP contribution in [0.1, 0.15) is 22.3 Å². The molecule has 3 nitrogen and oxygen atoms in total. The zero-order chi connectivity index (χ0) is 47.1. The van der Waals surface area contributed by atoms with E-state index in [1.54, 1.807) is 0 Å². The van der Waals surface area contributed by atoms with Crippen LogP contribution in [0.15, 0.2) is 205 Å². The summed E-state index contributed by atoms with van der Waals surface area (Å²) in [5, 5.41) is 4.97. The molecular weight excluding hydrogens is 828 g/mol. The summed E-state index contributed by atoms with van der Waals surface area (Å²) in [5.74, 6) is 0. The SMILES string of the molecule is Bc1c(B)c(B)c2c(B)c(C3(c4cccc5c4oc4ccccc45)c4ccc(N(c5ccccc5)c5ccccc5)cc4-c4cc(N(c5ccccc5)c5ccccc5)ccc43)c(B)c(B)c2c1B. The molecule has 0 fully saturated rings. The van der Waals surface area contributed by atoms with Gasteiger partial charge in [0.15, 0.2) is 0 Å². The molecule has 0 bridgehead atoms. The number of hydrogen-bond donors (Lipinski definition) is 0. The van der Waals surface area contributed by atoms with Crippen molar-refractivity contribution < 1.29 is 4.42 Å². The van der Waals surface area contributed by atoms with E-state index in [2.05, 4.69) is 265 Å². The third-order valence-electron chi connectivity index (χ3n) is 15.6. The van der Waals surface area contributed by atoms with Crippen molar-refractivity contribution in [1.29, 1.82) is 0 Å². The van der Waals surface area contributed by atoms with Gasteiger partial charge in [0.2, 0.25) is 0 Å². The molecular formula is C59H47B7N2O. The molecule has 12 rings (SSSR count). The van der Waals surface area contributed by atoms with Crippen LogP contribution in [-0.2, 0) is 5.41 Å². The minimum absolute atomic E-state index is 0.796. The topological polar surface area (TPSA) is 19.6 Å². The summed E-state index contributed by atoms with van der Waals surface area (Å²) >= 11 is 0. The van der Waals surface area contributed by atoms with Gasteiger partial charge in [-0.3, -0.25) is 0 Å². The summed E-state index contributed by atoms with van der Waals surface area (Å²) in [6, 6.07) is 72.8. The van der Waals surface area contributed by atoms with E-state index in [1.165, 1.54) is 76.8 Å². The highest BCUT2D eigenvalue weighted by Crippen LogP contribution is 2.59. The van der Waals surface area contributed by atoms with Gasteiger partial charge in [0.05, 0.1) is 5.41 Å². The smallest absolute Gasteiger partial charge is 0.140 e. The fourth-order valence-electron chi connectivity index (χ4n) is 12.1. The Morgan fingerprint density at radius 3 is 1.20 bits per heavy atom. The van der Waals surface area contributed by atoms with E-state index < -0.39 is 5.41 Å². The molecule has 10 aromatic carbocycles. The summed E-state index contributed by atoms with van der Waals surface area (Å²) < 4.78 is 7.19. The lowest BCUT2D eigenvalue weighted by Gasteiger charge is -2.39. The van der Waals surface area contributed by atoms with Gasteiger partial charge in [-0.2, -0.15) is 0 Å². The maximum atomic E-state index is 7.19. The van der Waals surface area contributed by atoms with Gasteiger partial charge in [-0.05, 0) is 117 Å². The number of fused-ring (bicyclic) bond motifs is 7. The Balaban J connectivity index is 1.26. The Morgan fingerprint density at radius 2 is 0.725 bits per heavy atom. The van der Waals surface area contributed by atoms with Crippen molar-refractivity contribution in [3.63, 3.8) is 0 Å². The molecule has 1 heterocycles. The number of anilines is 6. The average molecular weight is 876 g/mol. The highest BCUT2D eigenvalue weighted by atomic mass is 16.3. The van der Waals surface area contributed by atoms with Gasteiger partial charge in [-0.1, -0.05) is 149 Å². The first-order chi connectivity index (χ1) is 33.7. The van der Waals surface area contributed by atoms with Crippen LogP contribution in [-0.4, -0.2) is 54.9 Å². The molecule has 1 aliphatic rings. The molecule has 1 aliphatic carbocycles. The van der Waals surface area contributed by atoms with Gasteiger partial charge in [-0.25, -0.2) is 0 Å². The zero-order valence-corrected chi connectivity index (χ0v) is 40.4. The quantitative estimate of drug-likeness (QED) is 0.217. The Morgan fingerprint density at radius 1 is 0.319 bits per heavy atom. The van der Waals surface area contributed by atoms with Crippen LogP contribution in [0, 0.1) is 0 Å². The molecule has 10 heteroatoms. The van der Waals surface area contributed by atoms with E-state index in [9.17, 15) is 0 Å². The van der Waals surface area contributed by atoms with Crippen molar-refractivity contribution in [2.24, 2.45) is 0 Å². The molecule has 69 heavy (non-hydrogen) atoms. The van der Waals surface area contributed by atoms with Crippen molar-refractivity contribution in [2.45, 2.75) is 5.41 Å². The second kappa shape index (κ2) is 16.5. The zero-order valence-electron chi connectivity index (χ0n) is 40.4. The first-order valence-corrected chi connectivity index (χ1v) is 24.2. The maximum absolute atomic E-state index is 7.19. The van der Waals surface area contributed by atoms with Gasteiger partial charge in [0.25, 0.3) is 0 Å². The lowest BCUT2D eigenvalue weighted by molar-refractivity contribution is 0.649.